The molecular formula is C14H18FN3. The number of nitrogens with one attached hydrogen (secondary N) is 1. The van der Waals surface area contributed by atoms with Crippen molar-refractivity contribution in [1.82, 2.24) is 10.2 Å². The van der Waals surface area contributed by atoms with Crippen LogP contribution in [0, 0.1) is 11.8 Å². The minimum atomic E-state index is -0.702. The number of nitrogens with zero attached hydrogens (tertiary/aromatic N) is 2. The summed E-state index contributed by atoms with van der Waals surface area (Å²) < 4.78 is 13.8. The fourth-order valence-electron chi connectivity index (χ4n) is 2.90. The van der Waals surface area contributed by atoms with E-state index < -0.39 is 6.17 Å². The lowest BCUT2D eigenvalue weighted by Gasteiger charge is -2.37. The molecule has 4 heteroatoms. The monoisotopic (exact) mass is 247 g/mol. The lowest BCUT2D eigenvalue weighted by atomic mass is 9.89. The Morgan fingerprint density at radius 1 is 1.22 bits per heavy atom. The van der Waals surface area contributed by atoms with Gasteiger partial charge in [0, 0.05) is 30.3 Å². The Morgan fingerprint density at radius 3 is 2.61 bits per heavy atom. The van der Waals surface area contributed by atoms with E-state index in [-0.39, 0.29) is 11.8 Å². The number of para-hydroxylation sites is 1. The molecule has 18 heavy (non-hydrogen) atoms. The van der Waals surface area contributed by atoms with Crippen molar-refractivity contribution in [1.29, 1.82) is 0 Å². The first-order chi connectivity index (χ1) is 8.66. The standard InChI is InChI=1S/C14H18FN3/c1-9-7-18(8-10(2)13(9)15)14-11-5-3-4-6-12(11)16-17-14/h3-6,9-10,13H,7-8H2,1-2H3,(H,16,17)/t9-,10+,13?. The quantitative estimate of drug-likeness (QED) is 0.840. The van der Waals surface area contributed by atoms with Crippen LogP contribution >= 0.6 is 0 Å². The highest BCUT2D eigenvalue weighted by atomic mass is 19.1. The largest absolute Gasteiger partial charge is 0.354 e. The fraction of sp³-hybridized carbons (Fsp3) is 0.500. The summed E-state index contributed by atoms with van der Waals surface area (Å²) >= 11 is 0. The van der Waals surface area contributed by atoms with Gasteiger partial charge < -0.3 is 4.90 Å². The molecule has 96 valence electrons. The van der Waals surface area contributed by atoms with Gasteiger partial charge in [0.05, 0.1) is 5.52 Å². The number of alkyl halides is 1. The zero-order valence-corrected chi connectivity index (χ0v) is 10.7. The minimum Gasteiger partial charge on any atom is -0.354 e. The first-order valence-corrected chi connectivity index (χ1v) is 6.49. The van der Waals surface area contributed by atoms with Gasteiger partial charge in [-0.25, -0.2) is 4.39 Å². The van der Waals surface area contributed by atoms with Crippen LogP contribution in [0.15, 0.2) is 24.3 Å². The highest BCUT2D eigenvalue weighted by molar-refractivity contribution is 5.90. The molecule has 1 aromatic carbocycles. The molecule has 3 rings (SSSR count). The van der Waals surface area contributed by atoms with Crippen LogP contribution in [0.5, 0.6) is 0 Å². The lowest BCUT2D eigenvalue weighted by Crippen LogP contribution is -2.46. The number of hydrogen-bond donors (Lipinski definition) is 1. The maximum absolute atomic E-state index is 13.8. The number of rotatable bonds is 1. The van der Waals surface area contributed by atoms with Gasteiger partial charge in [0.2, 0.25) is 0 Å². The summed E-state index contributed by atoms with van der Waals surface area (Å²) in [5, 5.41) is 8.55. The Labute approximate surface area is 106 Å². The van der Waals surface area contributed by atoms with E-state index in [4.69, 9.17) is 0 Å². The summed E-state index contributed by atoms with van der Waals surface area (Å²) in [6.07, 6.45) is -0.702. The molecule has 0 saturated carbocycles. The van der Waals surface area contributed by atoms with Crippen molar-refractivity contribution in [3.05, 3.63) is 24.3 Å². The molecule has 1 unspecified atom stereocenters. The van der Waals surface area contributed by atoms with Gasteiger partial charge in [0.1, 0.15) is 6.17 Å². The topological polar surface area (TPSA) is 31.9 Å². The molecule has 1 saturated heterocycles. The number of fused-ring (bicyclic) bond motifs is 1. The predicted molar refractivity (Wildman–Crippen MR) is 71.5 cm³/mol. The van der Waals surface area contributed by atoms with Crippen molar-refractivity contribution in [3.63, 3.8) is 0 Å². The summed E-state index contributed by atoms with van der Waals surface area (Å²) in [4.78, 5) is 2.20. The molecule has 2 aromatic rings. The molecule has 1 aliphatic heterocycles. The van der Waals surface area contributed by atoms with E-state index in [2.05, 4.69) is 21.2 Å². The third-order valence-corrected chi connectivity index (χ3v) is 3.85. The van der Waals surface area contributed by atoms with Gasteiger partial charge >= 0.3 is 0 Å². The molecule has 0 bridgehead atoms. The van der Waals surface area contributed by atoms with Crippen molar-refractivity contribution >= 4 is 16.7 Å². The second-order valence-corrected chi connectivity index (χ2v) is 5.40. The molecule has 1 N–H and O–H groups in total. The van der Waals surface area contributed by atoms with E-state index in [9.17, 15) is 4.39 Å². The van der Waals surface area contributed by atoms with Crippen molar-refractivity contribution in [2.45, 2.75) is 20.0 Å². The van der Waals surface area contributed by atoms with Gasteiger partial charge in [-0.15, -0.1) is 0 Å². The lowest BCUT2D eigenvalue weighted by molar-refractivity contribution is 0.148. The Hall–Kier alpha value is -1.58. The van der Waals surface area contributed by atoms with Gasteiger partial charge in [0.15, 0.2) is 5.82 Å². The molecule has 1 fully saturated rings. The Bertz CT molecular complexity index is 539. The molecule has 0 spiro atoms. The smallest absolute Gasteiger partial charge is 0.158 e. The number of aromatic nitrogens is 2. The SMILES string of the molecule is C[C@@H]1CN(c2n[nH]c3ccccc23)C[C@H](C)C1F. The Balaban J connectivity index is 1.95. The first kappa shape index (κ1) is 11.5. The molecule has 0 aliphatic carbocycles. The highest BCUT2D eigenvalue weighted by Crippen LogP contribution is 2.31. The second kappa shape index (κ2) is 4.26. The normalized spacial score (nSPS) is 28.8. The summed E-state index contributed by atoms with van der Waals surface area (Å²) in [6, 6.07) is 8.07. The predicted octanol–water partition coefficient (Wildman–Crippen LogP) is 2.99. The number of aromatic amines is 1. The number of piperidine rings is 1. The van der Waals surface area contributed by atoms with Crippen molar-refractivity contribution < 1.29 is 4.39 Å². The van der Waals surface area contributed by atoms with Crippen LogP contribution < -0.4 is 4.90 Å². The van der Waals surface area contributed by atoms with Crippen LogP contribution in [0.3, 0.4) is 0 Å². The molecule has 1 aliphatic rings. The zero-order valence-electron chi connectivity index (χ0n) is 10.7. The van der Waals surface area contributed by atoms with Gasteiger partial charge in [-0.1, -0.05) is 26.0 Å². The first-order valence-electron chi connectivity index (χ1n) is 6.49. The van der Waals surface area contributed by atoms with Crippen LogP contribution in [-0.4, -0.2) is 29.5 Å². The van der Waals surface area contributed by atoms with Crippen LogP contribution in [0.1, 0.15) is 13.8 Å². The van der Waals surface area contributed by atoms with Crippen LogP contribution in [0.4, 0.5) is 10.2 Å². The van der Waals surface area contributed by atoms with E-state index in [1.54, 1.807) is 0 Å². The van der Waals surface area contributed by atoms with Gasteiger partial charge in [-0.05, 0) is 12.1 Å². The highest BCUT2D eigenvalue weighted by Gasteiger charge is 2.33. The number of benzene rings is 1. The van der Waals surface area contributed by atoms with E-state index in [0.29, 0.717) is 0 Å². The van der Waals surface area contributed by atoms with Crippen molar-refractivity contribution in [3.8, 4) is 0 Å². The maximum atomic E-state index is 13.8. The number of anilines is 1. The molecule has 0 radical (unpaired) electrons. The third kappa shape index (κ3) is 1.76. The summed E-state index contributed by atoms with van der Waals surface area (Å²) in [5.41, 5.74) is 1.04. The number of H-pyrrole nitrogens is 1. The van der Waals surface area contributed by atoms with E-state index in [1.165, 1.54) is 0 Å². The number of hydrogen-bond acceptors (Lipinski definition) is 2. The molecule has 3 nitrogen and oxygen atoms in total. The van der Waals surface area contributed by atoms with E-state index in [1.807, 2.05) is 32.0 Å². The average Bonchev–Trinajstić information content (AvgIpc) is 2.79. The minimum absolute atomic E-state index is 0.0595. The molecule has 1 aromatic heterocycles. The molecule has 0 amide bonds. The zero-order chi connectivity index (χ0) is 12.7. The fourth-order valence-corrected chi connectivity index (χ4v) is 2.90. The Morgan fingerprint density at radius 2 is 1.89 bits per heavy atom. The van der Waals surface area contributed by atoms with Gasteiger partial charge in [-0.2, -0.15) is 5.10 Å². The third-order valence-electron chi connectivity index (χ3n) is 3.85. The molecule has 3 atom stereocenters. The average molecular weight is 247 g/mol. The van der Waals surface area contributed by atoms with Crippen LogP contribution in [0.25, 0.3) is 10.9 Å². The van der Waals surface area contributed by atoms with Crippen molar-refractivity contribution in [2.75, 3.05) is 18.0 Å². The van der Waals surface area contributed by atoms with Crippen molar-refractivity contribution in [2.24, 2.45) is 11.8 Å². The molecular weight excluding hydrogens is 229 g/mol. The summed E-state index contributed by atoms with van der Waals surface area (Å²) in [7, 11) is 0. The Kier molecular flexibility index (Phi) is 2.73. The molecule has 2 heterocycles. The summed E-state index contributed by atoms with van der Waals surface area (Å²) in [6.45, 7) is 5.42. The second-order valence-electron chi connectivity index (χ2n) is 5.40. The van der Waals surface area contributed by atoms with Gasteiger partial charge in [-0.3, -0.25) is 5.10 Å². The number of halogens is 1. The van der Waals surface area contributed by atoms with Crippen LogP contribution in [-0.2, 0) is 0 Å². The summed E-state index contributed by atoms with van der Waals surface area (Å²) in [5.74, 6) is 1.07. The van der Waals surface area contributed by atoms with E-state index >= 15 is 0 Å². The van der Waals surface area contributed by atoms with Gasteiger partial charge in [0.25, 0.3) is 0 Å². The van der Waals surface area contributed by atoms with E-state index in [0.717, 1.165) is 29.8 Å². The van der Waals surface area contributed by atoms with Crippen LogP contribution in [0.2, 0.25) is 0 Å². The maximum Gasteiger partial charge on any atom is 0.158 e.